The van der Waals surface area contributed by atoms with E-state index in [0.29, 0.717) is 17.0 Å². The van der Waals surface area contributed by atoms with Crippen LogP contribution in [0.25, 0.3) is 11.3 Å². The highest BCUT2D eigenvalue weighted by Crippen LogP contribution is 2.24. The molecule has 0 amide bonds. The van der Waals surface area contributed by atoms with Gasteiger partial charge >= 0.3 is 0 Å². The molecule has 0 aliphatic carbocycles. The molecule has 0 atom stereocenters. The van der Waals surface area contributed by atoms with Gasteiger partial charge in [0.2, 0.25) is 0 Å². The molecule has 0 fully saturated rings. The van der Waals surface area contributed by atoms with Gasteiger partial charge in [-0.3, -0.25) is 0 Å². The van der Waals surface area contributed by atoms with Crippen molar-refractivity contribution in [1.82, 2.24) is 0 Å². The Balaban J connectivity index is 2.52. The van der Waals surface area contributed by atoms with E-state index in [1.807, 2.05) is 54.6 Å². The minimum atomic E-state index is 0.451. The SMILES string of the molecule is COc1cccc(/C(N)=C(/C#N)c2ccccc2)c1. The number of hydrogen-bond donors (Lipinski definition) is 1. The summed E-state index contributed by atoms with van der Waals surface area (Å²) in [5.41, 5.74) is 8.61. The summed E-state index contributed by atoms with van der Waals surface area (Å²) < 4.78 is 5.16. The van der Waals surface area contributed by atoms with Gasteiger partial charge in [0.25, 0.3) is 0 Å². The maximum Gasteiger partial charge on any atom is 0.119 e. The first-order chi connectivity index (χ1) is 9.26. The average Bonchev–Trinajstić information content (AvgIpc) is 2.49. The largest absolute Gasteiger partial charge is 0.497 e. The van der Waals surface area contributed by atoms with Gasteiger partial charge in [0.15, 0.2) is 0 Å². The fourth-order valence-electron chi connectivity index (χ4n) is 1.82. The first-order valence-corrected chi connectivity index (χ1v) is 5.86. The Hall–Kier alpha value is -2.73. The Kier molecular flexibility index (Phi) is 3.84. The number of hydrogen-bond acceptors (Lipinski definition) is 3. The number of benzene rings is 2. The molecule has 0 bridgehead atoms. The van der Waals surface area contributed by atoms with Crippen molar-refractivity contribution < 1.29 is 4.74 Å². The molecule has 19 heavy (non-hydrogen) atoms. The van der Waals surface area contributed by atoms with E-state index < -0.39 is 0 Å². The first kappa shape index (κ1) is 12.7. The lowest BCUT2D eigenvalue weighted by Crippen LogP contribution is -2.01. The number of methoxy groups -OCH3 is 1. The fourth-order valence-corrected chi connectivity index (χ4v) is 1.82. The van der Waals surface area contributed by atoms with Crippen molar-refractivity contribution >= 4 is 11.3 Å². The summed E-state index contributed by atoms with van der Waals surface area (Å²) in [6.45, 7) is 0. The molecule has 3 heteroatoms. The highest BCUT2D eigenvalue weighted by molar-refractivity contribution is 5.96. The predicted octanol–water partition coefficient (Wildman–Crippen LogP) is 3.05. The summed E-state index contributed by atoms with van der Waals surface area (Å²) in [6.07, 6.45) is 0. The summed E-state index contributed by atoms with van der Waals surface area (Å²) in [5.74, 6) is 0.714. The van der Waals surface area contributed by atoms with Crippen LogP contribution in [0, 0.1) is 11.3 Å². The van der Waals surface area contributed by atoms with Gasteiger partial charge in [-0.15, -0.1) is 0 Å². The van der Waals surface area contributed by atoms with Crippen LogP contribution in [0.15, 0.2) is 54.6 Å². The maximum absolute atomic E-state index is 9.32. The normalized spacial score (nSPS) is 11.4. The van der Waals surface area contributed by atoms with E-state index in [1.54, 1.807) is 7.11 Å². The highest BCUT2D eigenvalue weighted by atomic mass is 16.5. The van der Waals surface area contributed by atoms with Crippen LogP contribution in [-0.2, 0) is 0 Å². The number of rotatable bonds is 3. The van der Waals surface area contributed by atoms with E-state index in [-0.39, 0.29) is 0 Å². The van der Waals surface area contributed by atoms with Gasteiger partial charge < -0.3 is 10.5 Å². The lowest BCUT2D eigenvalue weighted by atomic mass is 10.0. The molecule has 0 saturated carbocycles. The number of ether oxygens (including phenoxy) is 1. The average molecular weight is 250 g/mol. The van der Waals surface area contributed by atoms with Crippen molar-refractivity contribution in [3.05, 3.63) is 65.7 Å². The van der Waals surface area contributed by atoms with Crippen LogP contribution in [0.4, 0.5) is 0 Å². The predicted molar refractivity (Wildman–Crippen MR) is 76.1 cm³/mol. The molecule has 0 spiro atoms. The summed E-state index contributed by atoms with van der Waals surface area (Å²) >= 11 is 0. The third-order valence-corrected chi connectivity index (χ3v) is 2.82. The van der Waals surface area contributed by atoms with E-state index in [2.05, 4.69) is 6.07 Å². The van der Waals surface area contributed by atoms with E-state index in [4.69, 9.17) is 10.5 Å². The second-order valence-electron chi connectivity index (χ2n) is 4.00. The molecule has 2 aromatic carbocycles. The van der Waals surface area contributed by atoms with Gasteiger partial charge in [0.05, 0.1) is 18.4 Å². The molecule has 0 aliphatic heterocycles. The standard InChI is InChI=1S/C16H14N2O/c1-19-14-9-5-8-13(10-14)16(18)15(11-17)12-6-3-2-4-7-12/h2-10H,18H2,1H3/b16-15+. The zero-order valence-corrected chi connectivity index (χ0v) is 10.6. The van der Waals surface area contributed by atoms with Crippen LogP contribution >= 0.6 is 0 Å². The van der Waals surface area contributed by atoms with Crippen LogP contribution in [0.1, 0.15) is 11.1 Å². The highest BCUT2D eigenvalue weighted by Gasteiger charge is 2.08. The van der Waals surface area contributed by atoms with Gasteiger partial charge in [-0.25, -0.2) is 0 Å². The van der Waals surface area contributed by atoms with E-state index in [9.17, 15) is 5.26 Å². The van der Waals surface area contributed by atoms with Gasteiger partial charge in [0.1, 0.15) is 11.8 Å². The van der Waals surface area contributed by atoms with Crippen LogP contribution in [0.2, 0.25) is 0 Å². The topological polar surface area (TPSA) is 59.0 Å². The summed E-state index contributed by atoms with van der Waals surface area (Å²) in [7, 11) is 1.60. The molecule has 2 rings (SSSR count). The van der Waals surface area contributed by atoms with Crippen molar-refractivity contribution in [1.29, 1.82) is 5.26 Å². The minimum absolute atomic E-state index is 0.451. The Morgan fingerprint density at radius 3 is 2.37 bits per heavy atom. The van der Waals surface area contributed by atoms with Crippen molar-refractivity contribution in [3.8, 4) is 11.8 Å². The molecule has 0 aliphatic rings. The Labute approximate surface area is 112 Å². The number of nitriles is 1. The van der Waals surface area contributed by atoms with Crippen LogP contribution in [0.5, 0.6) is 5.75 Å². The molecule has 0 aromatic heterocycles. The van der Waals surface area contributed by atoms with Gasteiger partial charge in [-0.1, -0.05) is 42.5 Å². The quantitative estimate of drug-likeness (QED) is 0.672. The smallest absolute Gasteiger partial charge is 0.119 e. The molecule has 0 radical (unpaired) electrons. The third-order valence-electron chi connectivity index (χ3n) is 2.82. The molecular formula is C16H14N2O. The molecular weight excluding hydrogens is 236 g/mol. The van der Waals surface area contributed by atoms with Crippen LogP contribution in [-0.4, -0.2) is 7.11 Å². The maximum atomic E-state index is 9.32. The molecule has 0 unspecified atom stereocenters. The Bertz CT molecular complexity index is 639. The minimum Gasteiger partial charge on any atom is -0.497 e. The van der Waals surface area contributed by atoms with Gasteiger partial charge in [-0.05, 0) is 17.7 Å². The zero-order valence-electron chi connectivity index (χ0n) is 10.6. The second-order valence-corrected chi connectivity index (χ2v) is 4.00. The number of allylic oxidation sites excluding steroid dienone is 1. The summed E-state index contributed by atoms with van der Waals surface area (Å²) in [6, 6.07) is 18.9. The molecule has 3 nitrogen and oxygen atoms in total. The second kappa shape index (κ2) is 5.74. The fraction of sp³-hybridized carbons (Fsp3) is 0.0625. The van der Waals surface area contributed by atoms with Crippen molar-refractivity contribution in [3.63, 3.8) is 0 Å². The molecule has 94 valence electrons. The number of nitrogens with two attached hydrogens (primary N) is 1. The zero-order chi connectivity index (χ0) is 13.7. The molecule has 2 N–H and O–H groups in total. The third kappa shape index (κ3) is 2.75. The number of nitrogens with zero attached hydrogens (tertiary/aromatic N) is 1. The summed E-state index contributed by atoms with van der Waals surface area (Å²) in [4.78, 5) is 0. The van der Waals surface area contributed by atoms with Crippen molar-refractivity contribution in [2.45, 2.75) is 0 Å². The van der Waals surface area contributed by atoms with Crippen molar-refractivity contribution in [2.75, 3.05) is 7.11 Å². The van der Waals surface area contributed by atoms with Gasteiger partial charge in [0, 0.05) is 5.56 Å². The lowest BCUT2D eigenvalue weighted by Gasteiger charge is -2.08. The summed E-state index contributed by atoms with van der Waals surface area (Å²) in [5, 5.41) is 9.32. The van der Waals surface area contributed by atoms with Crippen LogP contribution < -0.4 is 10.5 Å². The first-order valence-electron chi connectivity index (χ1n) is 5.86. The molecule has 2 aromatic rings. The van der Waals surface area contributed by atoms with Gasteiger partial charge in [-0.2, -0.15) is 5.26 Å². The Morgan fingerprint density at radius 2 is 1.74 bits per heavy atom. The Morgan fingerprint density at radius 1 is 1.05 bits per heavy atom. The molecule has 0 saturated heterocycles. The lowest BCUT2D eigenvalue weighted by molar-refractivity contribution is 0.414. The van der Waals surface area contributed by atoms with E-state index in [1.165, 1.54) is 0 Å². The van der Waals surface area contributed by atoms with E-state index in [0.717, 1.165) is 11.1 Å². The van der Waals surface area contributed by atoms with E-state index >= 15 is 0 Å². The van der Waals surface area contributed by atoms with Crippen molar-refractivity contribution in [2.24, 2.45) is 5.73 Å². The van der Waals surface area contributed by atoms with Crippen LogP contribution in [0.3, 0.4) is 0 Å². The molecule has 0 heterocycles. The monoisotopic (exact) mass is 250 g/mol.